The van der Waals surface area contributed by atoms with E-state index in [2.05, 4.69) is 0 Å². The molecule has 0 aromatic carbocycles. The molecule has 0 saturated carbocycles. The highest BCUT2D eigenvalue weighted by atomic mass is 32.2. The van der Waals surface area contributed by atoms with Crippen molar-refractivity contribution in [3.8, 4) is 0 Å². The van der Waals surface area contributed by atoms with Gasteiger partial charge in [-0.15, -0.1) is 0 Å². The Bertz CT molecular complexity index is 336. The van der Waals surface area contributed by atoms with Crippen molar-refractivity contribution in [2.24, 2.45) is 0 Å². The first kappa shape index (κ1) is 13.7. The van der Waals surface area contributed by atoms with Crippen LogP contribution in [0.3, 0.4) is 0 Å². The van der Waals surface area contributed by atoms with Gasteiger partial charge in [-0.1, -0.05) is 0 Å². The Balaban J connectivity index is 1.99. The minimum atomic E-state index is -0.846. The van der Waals surface area contributed by atoms with Crippen LogP contribution in [-0.4, -0.2) is 58.2 Å². The maximum Gasteiger partial charge on any atom is 0.305 e. The van der Waals surface area contributed by atoms with Crippen LogP contribution >= 0.6 is 11.8 Å². The molecule has 0 spiro atoms. The molecule has 2 heterocycles. The van der Waals surface area contributed by atoms with E-state index >= 15 is 0 Å². The molecule has 0 aromatic heterocycles. The minimum Gasteiger partial charge on any atom is -0.481 e. The summed E-state index contributed by atoms with van der Waals surface area (Å²) >= 11 is 1.71. The van der Waals surface area contributed by atoms with Crippen LogP contribution in [0.4, 0.5) is 0 Å². The van der Waals surface area contributed by atoms with E-state index < -0.39 is 5.97 Å². The predicted octanol–water partition coefficient (Wildman–Crippen LogP) is 0.973. The predicted molar refractivity (Wildman–Crippen MR) is 68.6 cm³/mol. The molecule has 102 valence electrons. The second-order valence-electron chi connectivity index (χ2n) is 4.87. The highest BCUT2D eigenvalue weighted by Gasteiger charge is 2.36. The fourth-order valence-corrected chi connectivity index (χ4v) is 3.55. The molecular formula is C12H19NO4S. The van der Waals surface area contributed by atoms with Crippen molar-refractivity contribution in [2.75, 3.05) is 18.1 Å². The monoisotopic (exact) mass is 273 g/mol. The SMILES string of the molecule is CC1CCC(C(=O)N2CCSCC2CC(=O)O)O1. The number of carboxylic acids is 1. The number of hydrogen-bond donors (Lipinski definition) is 1. The third-order valence-electron chi connectivity index (χ3n) is 3.43. The standard InChI is InChI=1S/C12H19NO4S/c1-8-2-3-10(17-8)12(16)13-4-5-18-7-9(13)6-11(14)15/h8-10H,2-7H2,1H3,(H,14,15). The molecule has 6 heteroatoms. The van der Waals surface area contributed by atoms with E-state index in [9.17, 15) is 9.59 Å². The van der Waals surface area contributed by atoms with Gasteiger partial charge < -0.3 is 14.7 Å². The Hall–Kier alpha value is -0.750. The Morgan fingerprint density at radius 3 is 2.83 bits per heavy atom. The van der Waals surface area contributed by atoms with E-state index in [0.717, 1.165) is 18.6 Å². The summed E-state index contributed by atoms with van der Waals surface area (Å²) in [5, 5.41) is 8.89. The largest absolute Gasteiger partial charge is 0.481 e. The molecule has 2 fully saturated rings. The van der Waals surface area contributed by atoms with Crippen LogP contribution in [0, 0.1) is 0 Å². The molecule has 5 nitrogen and oxygen atoms in total. The van der Waals surface area contributed by atoms with Crippen LogP contribution in [0.2, 0.25) is 0 Å². The van der Waals surface area contributed by atoms with Gasteiger partial charge in [0.25, 0.3) is 5.91 Å². The Morgan fingerprint density at radius 1 is 1.44 bits per heavy atom. The Morgan fingerprint density at radius 2 is 2.22 bits per heavy atom. The summed E-state index contributed by atoms with van der Waals surface area (Å²) in [5.74, 6) is 0.719. The topological polar surface area (TPSA) is 66.8 Å². The number of nitrogens with zero attached hydrogens (tertiary/aromatic N) is 1. The first-order valence-corrected chi connectivity index (χ1v) is 7.49. The molecule has 3 unspecified atom stereocenters. The van der Waals surface area contributed by atoms with E-state index in [0.29, 0.717) is 12.3 Å². The van der Waals surface area contributed by atoms with Crippen molar-refractivity contribution in [3.05, 3.63) is 0 Å². The zero-order chi connectivity index (χ0) is 13.1. The fraction of sp³-hybridized carbons (Fsp3) is 0.833. The van der Waals surface area contributed by atoms with Crippen molar-refractivity contribution in [1.29, 1.82) is 0 Å². The molecule has 0 radical (unpaired) electrons. The van der Waals surface area contributed by atoms with Gasteiger partial charge in [0, 0.05) is 18.1 Å². The van der Waals surface area contributed by atoms with Crippen LogP contribution in [0.5, 0.6) is 0 Å². The summed E-state index contributed by atoms with van der Waals surface area (Å²) in [6.07, 6.45) is 1.46. The number of carbonyl (C=O) groups excluding carboxylic acids is 1. The van der Waals surface area contributed by atoms with Crippen LogP contribution in [0.25, 0.3) is 0 Å². The molecule has 2 aliphatic rings. The third kappa shape index (κ3) is 3.17. The van der Waals surface area contributed by atoms with Crippen molar-refractivity contribution in [2.45, 2.75) is 44.4 Å². The summed E-state index contributed by atoms with van der Waals surface area (Å²) in [6.45, 7) is 2.60. The van der Waals surface area contributed by atoms with Crippen molar-refractivity contribution in [3.63, 3.8) is 0 Å². The smallest absolute Gasteiger partial charge is 0.305 e. The minimum absolute atomic E-state index is 0.0223. The van der Waals surface area contributed by atoms with E-state index in [4.69, 9.17) is 9.84 Å². The van der Waals surface area contributed by atoms with Crippen LogP contribution in [0.1, 0.15) is 26.2 Å². The highest BCUT2D eigenvalue weighted by molar-refractivity contribution is 7.99. The number of ether oxygens (including phenoxy) is 1. The van der Waals surface area contributed by atoms with E-state index in [1.165, 1.54) is 0 Å². The van der Waals surface area contributed by atoms with Gasteiger partial charge in [-0.3, -0.25) is 9.59 Å². The molecule has 2 rings (SSSR count). The molecule has 2 saturated heterocycles. The first-order chi connectivity index (χ1) is 8.58. The number of hydrogen-bond acceptors (Lipinski definition) is 4. The van der Waals surface area contributed by atoms with E-state index in [1.807, 2.05) is 6.92 Å². The number of aliphatic carboxylic acids is 1. The van der Waals surface area contributed by atoms with Gasteiger partial charge in [-0.2, -0.15) is 11.8 Å². The summed E-state index contributed by atoms with van der Waals surface area (Å²) < 4.78 is 5.58. The van der Waals surface area contributed by atoms with Gasteiger partial charge in [-0.05, 0) is 19.8 Å². The lowest BCUT2D eigenvalue weighted by Crippen LogP contribution is -2.50. The van der Waals surface area contributed by atoms with Crippen molar-refractivity contribution < 1.29 is 19.4 Å². The first-order valence-electron chi connectivity index (χ1n) is 6.33. The molecule has 0 bridgehead atoms. The van der Waals surface area contributed by atoms with Crippen molar-refractivity contribution in [1.82, 2.24) is 4.90 Å². The summed E-state index contributed by atoms with van der Waals surface area (Å²) in [7, 11) is 0. The molecule has 0 aliphatic carbocycles. The fourth-order valence-electron chi connectivity index (χ4n) is 2.48. The number of carboxylic acid groups (broad SMARTS) is 1. The van der Waals surface area contributed by atoms with Gasteiger partial charge in [0.15, 0.2) is 0 Å². The lowest BCUT2D eigenvalue weighted by Gasteiger charge is -2.36. The summed E-state index contributed by atoms with van der Waals surface area (Å²) in [4.78, 5) is 24.9. The molecule has 2 aliphatic heterocycles. The number of carbonyl (C=O) groups is 2. The zero-order valence-corrected chi connectivity index (χ0v) is 11.3. The third-order valence-corrected chi connectivity index (χ3v) is 4.52. The molecule has 0 aromatic rings. The zero-order valence-electron chi connectivity index (χ0n) is 10.5. The maximum atomic E-state index is 12.3. The Kier molecular flexibility index (Phi) is 4.50. The normalized spacial score (nSPS) is 32.5. The number of rotatable bonds is 3. The van der Waals surface area contributed by atoms with E-state index in [-0.39, 0.29) is 30.6 Å². The Labute approximate surface area is 111 Å². The molecule has 1 N–H and O–H groups in total. The second kappa shape index (κ2) is 5.93. The van der Waals surface area contributed by atoms with Gasteiger partial charge in [0.05, 0.1) is 18.6 Å². The lowest BCUT2D eigenvalue weighted by molar-refractivity contribution is -0.146. The van der Waals surface area contributed by atoms with Gasteiger partial charge in [0.1, 0.15) is 6.10 Å². The van der Waals surface area contributed by atoms with Gasteiger partial charge in [0.2, 0.25) is 0 Å². The molecular weight excluding hydrogens is 254 g/mol. The van der Waals surface area contributed by atoms with Crippen LogP contribution in [-0.2, 0) is 14.3 Å². The van der Waals surface area contributed by atoms with E-state index in [1.54, 1.807) is 16.7 Å². The van der Waals surface area contributed by atoms with Crippen molar-refractivity contribution >= 4 is 23.6 Å². The molecule has 3 atom stereocenters. The summed E-state index contributed by atoms with van der Waals surface area (Å²) in [5.41, 5.74) is 0. The highest BCUT2D eigenvalue weighted by Crippen LogP contribution is 2.25. The molecule has 1 amide bonds. The average Bonchev–Trinajstić information content (AvgIpc) is 2.75. The average molecular weight is 273 g/mol. The lowest BCUT2D eigenvalue weighted by atomic mass is 10.1. The quantitative estimate of drug-likeness (QED) is 0.830. The second-order valence-corrected chi connectivity index (χ2v) is 6.02. The number of thioether (sulfide) groups is 1. The van der Waals surface area contributed by atoms with Crippen LogP contribution in [0.15, 0.2) is 0 Å². The number of amides is 1. The van der Waals surface area contributed by atoms with Gasteiger partial charge >= 0.3 is 5.97 Å². The maximum absolute atomic E-state index is 12.3. The van der Waals surface area contributed by atoms with Gasteiger partial charge in [-0.25, -0.2) is 0 Å². The summed E-state index contributed by atoms with van der Waals surface area (Å²) in [6, 6.07) is -0.187. The molecule has 18 heavy (non-hydrogen) atoms. The van der Waals surface area contributed by atoms with Crippen LogP contribution < -0.4 is 0 Å².